The average molecular weight is 458 g/mol. The van der Waals surface area contributed by atoms with Crippen LogP contribution in [0.2, 0.25) is 0 Å². The number of anilines is 2. The number of ketones is 1. The smallest absolute Gasteiger partial charge is 0.228 e. The van der Waals surface area contributed by atoms with Gasteiger partial charge in [0.2, 0.25) is 5.95 Å². The number of nitrogens with one attached hydrogen (secondary N) is 1. The zero-order chi connectivity index (χ0) is 23.4. The lowest BCUT2D eigenvalue weighted by atomic mass is 9.98. The van der Waals surface area contributed by atoms with Gasteiger partial charge in [-0.05, 0) is 48.7 Å². The van der Waals surface area contributed by atoms with E-state index in [1.807, 2.05) is 30.3 Å². The maximum absolute atomic E-state index is 12.7. The highest BCUT2D eigenvalue weighted by Gasteiger charge is 2.20. The van der Waals surface area contributed by atoms with Gasteiger partial charge in [-0.1, -0.05) is 39.0 Å². The molecule has 0 radical (unpaired) electrons. The van der Waals surface area contributed by atoms with E-state index in [4.69, 9.17) is 0 Å². The van der Waals surface area contributed by atoms with Crippen molar-refractivity contribution in [3.8, 4) is 11.3 Å². The summed E-state index contributed by atoms with van der Waals surface area (Å²) < 4.78 is 0. The fourth-order valence-corrected chi connectivity index (χ4v) is 4.33. The molecule has 7 heteroatoms. The van der Waals surface area contributed by atoms with Gasteiger partial charge in [0.15, 0.2) is 5.78 Å². The molecule has 1 aromatic carbocycles. The molecule has 0 saturated carbocycles. The third kappa shape index (κ3) is 5.68. The minimum atomic E-state index is -0.0381. The van der Waals surface area contributed by atoms with Crippen LogP contribution in [0.5, 0.6) is 0 Å². The molecule has 0 unspecified atom stereocenters. The van der Waals surface area contributed by atoms with Crippen LogP contribution in [0.3, 0.4) is 0 Å². The lowest BCUT2D eigenvalue weighted by Crippen LogP contribution is -2.09. The highest BCUT2D eigenvalue weighted by Crippen LogP contribution is 2.28. The summed E-state index contributed by atoms with van der Waals surface area (Å²) in [7, 11) is 0. The summed E-state index contributed by atoms with van der Waals surface area (Å²) in [6, 6.07) is 13.8. The zero-order valence-corrected chi connectivity index (χ0v) is 20.1. The largest absolute Gasteiger partial charge is 0.309 e. The second-order valence-corrected chi connectivity index (χ2v) is 9.98. The molecule has 4 aromatic rings. The van der Waals surface area contributed by atoms with Crippen molar-refractivity contribution in [1.82, 2.24) is 19.9 Å². The summed E-state index contributed by atoms with van der Waals surface area (Å²) in [5.74, 6) is 1.34. The zero-order valence-electron chi connectivity index (χ0n) is 19.3. The molecule has 3 aromatic heterocycles. The molecule has 0 aliphatic rings. The second kappa shape index (κ2) is 9.58. The minimum Gasteiger partial charge on any atom is -0.309 e. The Hall–Kier alpha value is -3.45. The van der Waals surface area contributed by atoms with Crippen molar-refractivity contribution in [1.29, 1.82) is 0 Å². The normalized spacial score (nSPS) is 11.4. The van der Waals surface area contributed by atoms with Gasteiger partial charge in [-0.15, -0.1) is 11.3 Å². The van der Waals surface area contributed by atoms with Gasteiger partial charge in [-0.25, -0.2) is 19.9 Å². The second-order valence-electron chi connectivity index (χ2n) is 8.95. The van der Waals surface area contributed by atoms with E-state index in [1.54, 1.807) is 18.6 Å². The van der Waals surface area contributed by atoms with Crippen LogP contribution in [0, 0.1) is 6.92 Å². The topological polar surface area (TPSA) is 80.7 Å². The number of pyridine rings is 1. The lowest BCUT2D eigenvalue weighted by molar-refractivity contribution is 0.0986. The Bertz CT molecular complexity index is 1260. The van der Waals surface area contributed by atoms with Gasteiger partial charge in [0.1, 0.15) is 5.82 Å². The third-order valence-corrected chi connectivity index (χ3v) is 6.71. The molecule has 168 valence electrons. The Morgan fingerprint density at radius 3 is 2.58 bits per heavy atom. The quantitative estimate of drug-likeness (QED) is 0.335. The average Bonchev–Trinajstić information content (AvgIpc) is 3.30. The molecule has 0 bridgehead atoms. The molecule has 3 heterocycles. The highest BCUT2D eigenvalue weighted by molar-refractivity contribution is 7.13. The summed E-state index contributed by atoms with van der Waals surface area (Å²) in [5.41, 5.74) is 4.09. The predicted molar refractivity (Wildman–Crippen MR) is 133 cm³/mol. The van der Waals surface area contributed by atoms with E-state index in [1.165, 1.54) is 11.3 Å². The van der Waals surface area contributed by atoms with Crippen LogP contribution < -0.4 is 5.32 Å². The van der Waals surface area contributed by atoms with Crippen molar-refractivity contribution >= 4 is 28.9 Å². The van der Waals surface area contributed by atoms with Gasteiger partial charge in [0, 0.05) is 36.0 Å². The number of hydrogen-bond donors (Lipinski definition) is 1. The number of Topliss-reactive ketones (excluding diaryl/α,β-unsaturated/α-hetero) is 1. The van der Waals surface area contributed by atoms with Gasteiger partial charge in [0.25, 0.3) is 0 Å². The van der Waals surface area contributed by atoms with E-state index < -0.39 is 0 Å². The Morgan fingerprint density at radius 1 is 1.03 bits per heavy atom. The first-order valence-electron chi connectivity index (χ1n) is 10.9. The molecule has 0 aliphatic carbocycles. The molecular formula is C26H27N5OS. The number of hydrogen-bond acceptors (Lipinski definition) is 7. The molecule has 33 heavy (non-hydrogen) atoms. The van der Waals surface area contributed by atoms with E-state index >= 15 is 0 Å². The summed E-state index contributed by atoms with van der Waals surface area (Å²) in [6.45, 7) is 8.41. The molecule has 0 amide bonds. The molecule has 0 saturated heterocycles. The van der Waals surface area contributed by atoms with E-state index in [9.17, 15) is 4.79 Å². The van der Waals surface area contributed by atoms with E-state index in [-0.39, 0.29) is 11.2 Å². The summed E-state index contributed by atoms with van der Waals surface area (Å²) in [5, 5.41) is 4.12. The Kier molecular flexibility index (Phi) is 6.60. The Labute approximate surface area is 198 Å². The van der Waals surface area contributed by atoms with Crippen LogP contribution in [0.1, 0.15) is 53.0 Å². The van der Waals surface area contributed by atoms with Crippen molar-refractivity contribution < 1.29 is 4.79 Å². The molecule has 6 nitrogen and oxygen atoms in total. The van der Waals surface area contributed by atoms with Gasteiger partial charge < -0.3 is 5.32 Å². The fourth-order valence-electron chi connectivity index (χ4n) is 3.39. The Morgan fingerprint density at radius 2 is 1.88 bits per heavy atom. The number of nitrogens with zero attached hydrogens (tertiary/aromatic N) is 4. The first-order chi connectivity index (χ1) is 15.8. The molecule has 4 rings (SSSR count). The number of carbonyl (C=O) groups is 1. The molecule has 0 atom stereocenters. The standard InChI is InChI=1S/C26H27N5OS/c1-17-15-19(20-12-14-28-25(30-20)31-23-7-5-6-13-27-23)9-8-18(17)10-11-21(32)22-16-29-24(33-22)26(2,3)4/h5-9,12-16H,10-11H2,1-4H3,(H,27,28,30,31). The number of aryl methyl sites for hydroxylation is 2. The first-order valence-corrected chi connectivity index (χ1v) is 11.7. The summed E-state index contributed by atoms with van der Waals surface area (Å²) in [4.78, 5) is 31.0. The maximum atomic E-state index is 12.7. The maximum Gasteiger partial charge on any atom is 0.228 e. The lowest BCUT2D eigenvalue weighted by Gasteiger charge is -2.13. The number of thiazole rings is 1. The third-order valence-electron chi connectivity index (χ3n) is 5.24. The van der Waals surface area contributed by atoms with E-state index in [0.29, 0.717) is 24.6 Å². The van der Waals surface area contributed by atoms with Crippen LogP contribution in [0.15, 0.2) is 61.1 Å². The van der Waals surface area contributed by atoms with Gasteiger partial charge in [-0.2, -0.15) is 0 Å². The number of benzene rings is 1. The van der Waals surface area contributed by atoms with Crippen LogP contribution in [0.4, 0.5) is 11.8 Å². The van der Waals surface area contributed by atoms with Crippen molar-refractivity contribution in [3.63, 3.8) is 0 Å². The van der Waals surface area contributed by atoms with E-state index in [0.717, 1.165) is 32.3 Å². The minimum absolute atomic E-state index is 0.0381. The molecular weight excluding hydrogens is 430 g/mol. The van der Waals surface area contributed by atoms with Crippen molar-refractivity contribution in [3.05, 3.63) is 82.1 Å². The van der Waals surface area contributed by atoms with Gasteiger partial charge in [0.05, 0.1) is 15.6 Å². The number of aromatic nitrogens is 4. The number of rotatable bonds is 7. The van der Waals surface area contributed by atoms with Crippen LogP contribution in [-0.4, -0.2) is 25.7 Å². The van der Waals surface area contributed by atoms with Crippen molar-refractivity contribution in [2.75, 3.05) is 5.32 Å². The molecule has 0 spiro atoms. The first kappa shape index (κ1) is 22.7. The van der Waals surface area contributed by atoms with Crippen LogP contribution >= 0.6 is 11.3 Å². The monoisotopic (exact) mass is 457 g/mol. The van der Waals surface area contributed by atoms with Crippen molar-refractivity contribution in [2.24, 2.45) is 0 Å². The van der Waals surface area contributed by atoms with Gasteiger partial charge >= 0.3 is 0 Å². The van der Waals surface area contributed by atoms with Gasteiger partial charge in [-0.3, -0.25) is 4.79 Å². The molecule has 0 aliphatic heterocycles. The Balaban J connectivity index is 1.43. The van der Waals surface area contributed by atoms with E-state index in [2.05, 4.69) is 65.1 Å². The summed E-state index contributed by atoms with van der Waals surface area (Å²) >= 11 is 1.50. The molecule has 0 fully saturated rings. The van der Waals surface area contributed by atoms with Crippen molar-refractivity contribution in [2.45, 2.75) is 46.0 Å². The fraction of sp³-hybridized carbons (Fsp3) is 0.269. The van der Waals surface area contributed by atoms with Crippen LogP contribution in [0.25, 0.3) is 11.3 Å². The highest BCUT2D eigenvalue weighted by atomic mass is 32.1. The predicted octanol–water partition coefficient (Wildman–Crippen LogP) is 6.16. The van der Waals surface area contributed by atoms with Crippen LogP contribution in [-0.2, 0) is 11.8 Å². The number of carbonyl (C=O) groups excluding carboxylic acids is 1. The molecule has 1 N–H and O–H groups in total. The summed E-state index contributed by atoms with van der Waals surface area (Å²) in [6.07, 6.45) is 6.34. The SMILES string of the molecule is Cc1cc(-c2ccnc(Nc3ccccn3)n2)ccc1CCC(=O)c1cnc(C(C)(C)C)s1.